The van der Waals surface area contributed by atoms with Crippen LogP contribution >= 0.6 is 0 Å². The minimum absolute atomic E-state index is 0.192. The highest BCUT2D eigenvalue weighted by atomic mass is 16.1. The summed E-state index contributed by atoms with van der Waals surface area (Å²) in [4.78, 5) is 15.2. The number of carbonyl (C=O) groups is 1. The van der Waals surface area contributed by atoms with Crippen LogP contribution in [0.5, 0.6) is 0 Å². The maximum absolute atomic E-state index is 11.0. The molecule has 0 unspecified atom stereocenters. The summed E-state index contributed by atoms with van der Waals surface area (Å²) < 4.78 is 0. The minimum Gasteiger partial charge on any atom is -0.300 e. The summed E-state index contributed by atoms with van der Waals surface area (Å²) >= 11 is 0. The van der Waals surface area contributed by atoms with E-state index in [9.17, 15) is 4.79 Å². The standard InChI is InChI=1S/C15H15NO/c1-11-9-15(7-8-16-11)14-5-3-13(4-6-14)10-12(2)17/h3-9H,10H2,1-2H3. The van der Waals surface area contributed by atoms with Gasteiger partial charge in [-0.25, -0.2) is 0 Å². The number of carbonyl (C=O) groups excluding carboxylic acids is 1. The number of benzene rings is 1. The van der Waals surface area contributed by atoms with Gasteiger partial charge in [0, 0.05) is 18.3 Å². The number of nitrogens with zero attached hydrogens (tertiary/aromatic N) is 1. The Labute approximate surface area is 101 Å². The molecule has 1 aromatic heterocycles. The number of rotatable bonds is 3. The van der Waals surface area contributed by atoms with Gasteiger partial charge in [-0.05, 0) is 42.7 Å². The molecule has 86 valence electrons. The van der Waals surface area contributed by atoms with E-state index in [0.29, 0.717) is 6.42 Å². The SMILES string of the molecule is CC(=O)Cc1ccc(-c2ccnc(C)c2)cc1. The third kappa shape index (κ3) is 3.00. The van der Waals surface area contributed by atoms with Gasteiger partial charge in [0.1, 0.15) is 5.78 Å². The summed E-state index contributed by atoms with van der Waals surface area (Å²) in [5.41, 5.74) is 4.39. The van der Waals surface area contributed by atoms with Crippen LogP contribution in [0.4, 0.5) is 0 Å². The van der Waals surface area contributed by atoms with Gasteiger partial charge in [-0.2, -0.15) is 0 Å². The van der Waals surface area contributed by atoms with Gasteiger partial charge >= 0.3 is 0 Å². The Bertz CT molecular complexity index is 529. The minimum atomic E-state index is 0.192. The lowest BCUT2D eigenvalue weighted by molar-refractivity contribution is -0.116. The van der Waals surface area contributed by atoms with Crippen LogP contribution in [0.15, 0.2) is 42.6 Å². The van der Waals surface area contributed by atoms with Crippen LogP contribution in [0.1, 0.15) is 18.2 Å². The van der Waals surface area contributed by atoms with Crippen LogP contribution in [0.25, 0.3) is 11.1 Å². The number of aromatic nitrogens is 1. The average Bonchev–Trinajstić information content (AvgIpc) is 2.29. The highest BCUT2D eigenvalue weighted by Crippen LogP contribution is 2.20. The zero-order chi connectivity index (χ0) is 12.3. The largest absolute Gasteiger partial charge is 0.300 e. The first kappa shape index (κ1) is 11.5. The van der Waals surface area contributed by atoms with Crippen LogP contribution < -0.4 is 0 Å². The van der Waals surface area contributed by atoms with Gasteiger partial charge in [-0.15, -0.1) is 0 Å². The van der Waals surface area contributed by atoms with Gasteiger partial charge in [0.25, 0.3) is 0 Å². The molecular weight excluding hydrogens is 210 g/mol. The van der Waals surface area contributed by atoms with Crippen LogP contribution in [-0.2, 0) is 11.2 Å². The van der Waals surface area contributed by atoms with E-state index in [0.717, 1.165) is 22.4 Å². The third-order valence-electron chi connectivity index (χ3n) is 2.64. The molecule has 0 amide bonds. The van der Waals surface area contributed by atoms with Crippen LogP contribution in [0.3, 0.4) is 0 Å². The van der Waals surface area contributed by atoms with Crippen molar-refractivity contribution in [1.82, 2.24) is 4.98 Å². The molecule has 0 aliphatic heterocycles. The van der Waals surface area contributed by atoms with Crippen molar-refractivity contribution in [3.63, 3.8) is 0 Å². The third-order valence-corrected chi connectivity index (χ3v) is 2.64. The number of ketones is 1. The van der Waals surface area contributed by atoms with Crippen molar-refractivity contribution in [3.05, 3.63) is 53.9 Å². The molecule has 0 bridgehead atoms. The topological polar surface area (TPSA) is 30.0 Å². The van der Waals surface area contributed by atoms with Gasteiger partial charge in [-0.3, -0.25) is 9.78 Å². The fourth-order valence-electron chi connectivity index (χ4n) is 1.83. The second kappa shape index (κ2) is 4.91. The summed E-state index contributed by atoms with van der Waals surface area (Å²) in [6.07, 6.45) is 2.32. The van der Waals surface area contributed by atoms with E-state index >= 15 is 0 Å². The molecule has 2 nitrogen and oxygen atoms in total. The Morgan fingerprint density at radius 1 is 1.12 bits per heavy atom. The molecule has 2 rings (SSSR count). The van der Waals surface area contributed by atoms with Gasteiger partial charge in [-0.1, -0.05) is 24.3 Å². The van der Waals surface area contributed by atoms with Crippen molar-refractivity contribution in [2.24, 2.45) is 0 Å². The first-order chi connectivity index (χ1) is 8.15. The summed E-state index contributed by atoms with van der Waals surface area (Å²) in [6, 6.07) is 12.2. The Hall–Kier alpha value is -1.96. The van der Waals surface area contributed by atoms with Gasteiger partial charge in [0.15, 0.2) is 0 Å². The molecule has 1 heterocycles. The van der Waals surface area contributed by atoms with Gasteiger partial charge in [0.05, 0.1) is 0 Å². The second-order valence-electron chi connectivity index (χ2n) is 4.26. The van der Waals surface area contributed by atoms with E-state index in [1.807, 2.05) is 43.5 Å². The molecule has 2 aromatic rings. The molecule has 2 heteroatoms. The Balaban J connectivity index is 2.26. The Morgan fingerprint density at radius 3 is 2.41 bits per heavy atom. The van der Waals surface area contributed by atoms with Gasteiger partial charge in [0.2, 0.25) is 0 Å². The number of hydrogen-bond donors (Lipinski definition) is 0. The predicted octanol–water partition coefficient (Wildman–Crippen LogP) is 3.19. The maximum atomic E-state index is 11.0. The molecule has 0 aliphatic rings. The zero-order valence-corrected chi connectivity index (χ0v) is 10.1. The summed E-state index contributed by atoms with van der Waals surface area (Å²) in [5, 5.41) is 0. The van der Waals surface area contributed by atoms with Gasteiger partial charge < -0.3 is 0 Å². The monoisotopic (exact) mass is 225 g/mol. The van der Waals surface area contributed by atoms with Crippen molar-refractivity contribution < 1.29 is 4.79 Å². The molecule has 0 saturated carbocycles. The zero-order valence-electron chi connectivity index (χ0n) is 10.1. The van der Waals surface area contributed by atoms with Crippen LogP contribution in [0.2, 0.25) is 0 Å². The average molecular weight is 225 g/mol. The van der Waals surface area contributed by atoms with Crippen LogP contribution in [0, 0.1) is 6.92 Å². The fourth-order valence-corrected chi connectivity index (χ4v) is 1.83. The van der Waals surface area contributed by atoms with Crippen molar-refractivity contribution in [1.29, 1.82) is 0 Å². The maximum Gasteiger partial charge on any atom is 0.134 e. The lowest BCUT2D eigenvalue weighted by atomic mass is 10.0. The molecule has 0 saturated heterocycles. The quantitative estimate of drug-likeness (QED) is 0.803. The summed E-state index contributed by atoms with van der Waals surface area (Å²) in [7, 11) is 0. The van der Waals surface area contributed by atoms with Crippen molar-refractivity contribution >= 4 is 5.78 Å². The Morgan fingerprint density at radius 2 is 1.82 bits per heavy atom. The van der Waals surface area contributed by atoms with Crippen molar-refractivity contribution in [2.75, 3.05) is 0 Å². The van der Waals surface area contributed by atoms with Crippen molar-refractivity contribution in [3.8, 4) is 11.1 Å². The Kier molecular flexibility index (Phi) is 3.33. The van der Waals surface area contributed by atoms with E-state index in [2.05, 4.69) is 11.1 Å². The first-order valence-corrected chi connectivity index (χ1v) is 5.66. The molecule has 0 spiro atoms. The first-order valence-electron chi connectivity index (χ1n) is 5.66. The molecule has 0 atom stereocenters. The van der Waals surface area contributed by atoms with Crippen LogP contribution in [-0.4, -0.2) is 10.8 Å². The van der Waals surface area contributed by atoms with E-state index in [4.69, 9.17) is 0 Å². The predicted molar refractivity (Wildman–Crippen MR) is 68.8 cm³/mol. The molecule has 17 heavy (non-hydrogen) atoms. The number of hydrogen-bond acceptors (Lipinski definition) is 2. The summed E-state index contributed by atoms with van der Waals surface area (Å²) in [5.74, 6) is 0.192. The molecular formula is C15H15NO. The summed E-state index contributed by atoms with van der Waals surface area (Å²) in [6.45, 7) is 3.59. The van der Waals surface area contributed by atoms with E-state index < -0.39 is 0 Å². The molecule has 0 radical (unpaired) electrons. The fraction of sp³-hybridized carbons (Fsp3) is 0.200. The highest BCUT2D eigenvalue weighted by molar-refractivity contribution is 5.78. The van der Waals surface area contributed by atoms with E-state index in [-0.39, 0.29) is 5.78 Å². The number of Topliss-reactive ketones (excluding diaryl/α,β-unsaturated/α-hetero) is 1. The lowest BCUT2D eigenvalue weighted by Gasteiger charge is -2.04. The van der Waals surface area contributed by atoms with E-state index in [1.165, 1.54) is 0 Å². The highest BCUT2D eigenvalue weighted by Gasteiger charge is 2.00. The lowest BCUT2D eigenvalue weighted by Crippen LogP contribution is -1.95. The number of pyridine rings is 1. The molecule has 1 aromatic carbocycles. The molecule has 0 N–H and O–H groups in total. The van der Waals surface area contributed by atoms with Crippen molar-refractivity contribution in [2.45, 2.75) is 20.3 Å². The number of aryl methyl sites for hydroxylation is 1. The molecule has 0 aliphatic carbocycles. The molecule has 0 fully saturated rings. The normalized spacial score (nSPS) is 10.2. The van der Waals surface area contributed by atoms with E-state index in [1.54, 1.807) is 6.92 Å². The smallest absolute Gasteiger partial charge is 0.134 e. The second-order valence-corrected chi connectivity index (χ2v) is 4.26.